The van der Waals surface area contributed by atoms with Crippen molar-refractivity contribution >= 4 is 23.1 Å². The van der Waals surface area contributed by atoms with Gasteiger partial charge in [0.15, 0.2) is 17.3 Å². The molecule has 0 saturated carbocycles. The zero-order valence-corrected chi connectivity index (χ0v) is 20.0. The van der Waals surface area contributed by atoms with Crippen molar-refractivity contribution in [3.8, 4) is 11.4 Å². The largest absolute Gasteiger partial charge is 0.444 e. The fourth-order valence-electron chi connectivity index (χ4n) is 4.10. The van der Waals surface area contributed by atoms with Crippen molar-refractivity contribution in [2.24, 2.45) is 0 Å². The van der Waals surface area contributed by atoms with Crippen LogP contribution in [0.25, 0.3) is 22.7 Å². The van der Waals surface area contributed by atoms with Crippen LogP contribution in [0.2, 0.25) is 0 Å². The quantitative estimate of drug-likeness (QED) is 0.436. The number of ether oxygens (including phenoxy) is 1. The molecule has 0 aliphatic carbocycles. The van der Waals surface area contributed by atoms with Gasteiger partial charge in [-0.3, -0.25) is 0 Å². The lowest BCUT2D eigenvalue weighted by Crippen LogP contribution is -2.50. The molecule has 1 aliphatic rings. The molecule has 0 atom stereocenters. The van der Waals surface area contributed by atoms with Gasteiger partial charge in [0.1, 0.15) is 11.2 Å². The number of halogens is 1. The average Bonchev–Trinajstić information content (AvgIpc) is 3.18. The Hall–Kier alpha value is -4.02. The number of hydrogen-bond donors (Lipinski definition) is 0. The van der Waals surface area contributed by atoms with Crippen molar-refractivity contribution in [1.29, 1.82) is 0 Å². The number of hydrogen-bond acceptors (Lipinski definition) is 7. The Balaban J connectivity index is 1.38. The van der Waals surface area contributed by atoms with Crippen LogP contribution in [0.4, 0.5) is 14.9 Å². The molecule has 35 heavy (non-hydrogen) atoms. The first kappa shape index (κ1) is 22.8. The molecule has 0 aromatic carbocycles. The number of aryl methyl sites for hydroxylation is 1. The normalized spacial score (nSPS) is 14.7. The van der Waals surface area contributed by atoms with Crippen molar-refractivity contribution in [1.82, 2.24) is 28.7 Å². The summed E-state index contributed by atoms with van der Waals surface area (Å²) in [5, 5.41) is 0. The molecule has 1 saturated heterocycles. The number of aromatic nitrogens is 5. The molecule has 0 spiro atoms. The SMILES string of the molecule is Cc1cn2cc(-c3nc(=O)n4cc(N5CCN(C(=O)OC(C)(C)C)CC5)ccc4n3)cc(F)c2n1. The first-order valence-corrected chi connectivity index (χ1v) is 11.4. The van der Waals surface area contributed by atoms with Crippen LogP contribution >= 0.6 is 0 Å². The highest BCUT2D eigenvalue weighted by atomic mass is 19.1. The maximum Gasteiger partial charge on any atom is 0.410 e. The Morgan fingerprint density at radius 1 is 1.03 bits per heavy atom. The van der Waals surface area contributed by atoms with Crippen LogP contribution in [0.5, 0.6) is 0 Å². The highest BCUT2D eigenvalue weighted by Crippen LogP contribution is 2.21. The van der Waals surface area contributed by atoms with Crippen LogP contribution in [0.1, 0.15) is 26.5 Å². The molecular formula is C24H26FN7O3. The second-order valence-electron chi connectivity index (χ2n) is 9.59. The number of carbonyl (C=O) groups excluding carboxylic acids is 1. The van der Waals surface area contributed by atoms with Crippen LogP contribution in [-0.2, 0) is 4.74 Å². The van der Waals surface area contributed by atoms with Gasteiger partial charge in [0, 0.05) is 50.3 Å². The molecule has 182 valence electrons. The Morgan fingerprint density at radius 3 is 2.49 bits per heavy atom. The number of piperazine rings is 1. The predicted octanol–water partition coefficient (Wildman–Crippen LogP) is 2.91. The van der Waals surface area contributed by atoms with E-state index < -0.39 is 17.1 Å². The third-order valence-electron chi connectivity index (χ3n) is 5.72. The Labute approximate surface area is 200 Å². The summed E-state index contributed by atoms with van der Waals surface area (Å²) in [5.74, 6) is -0.374. The second-order valence-corrected chi connectivity index (χ2v) is 9.59. The standard InChI is InChI=1S/C24H26FN7O3/c1-15-12-31-13-16(11-18(25)21(31)26-15)20-27-19-6-5-17(14-32(19)22(33)28-20)29-7-9-30(10-8-29)23(34)35-24(2,3)4/h5-6,11-14H,7-10H2,1-4H3. The first-order valence-electron chi connectivity index (χ1n) is 11.4. The predicted molar refractivity (Wildman–Crippen MR) is 128 cm³/mol. The van der Waals surface area contributed by atoms with Gasteiger partial charge in [-0.05, 0) is 45.9 Å². The summed E-state index contributed by atoms with van der Waals surface area (Å²) in [6, 6.07) is 4.89. The molecule has 5 heterocycles. The minimum atomic E-state index is -0.540. The first-order chi connectivity index (χ1) is 16.6. The molecule has 0 radical (unpaired) electrons. The highest BCUT2D eigenvalue weighted by molar-refractivity contribution is 5.69. The van der Waals surface area contributed by atoms with E-state index in [1.807, 2.05) is 26.8 Å². The minimum absolute atomic E-state index is 0.140. The number of pyridine rings is 2. The number of imidazole rings is 1. The van der Waals surface area contributed by atoms with E-state index in [4.69, 9.17) is 4.74 Å². The molecule has 0 bridgehead atoms. The van der Waals surface area contributed by atoms with Gasteiger partial charge in [0.2, 0.25) is 0 Å². The summed E-state index contributed by atoms with van der Waals surface area (Å²) >= 11 is 0. The summed E-state index contributed by atoms with van der Waals surface area (Å²) in [6.45, 7) is 9.53. The Kier molecular flexibility index (Phi) is 5.42. The number of anilines is 1. The fourth-order valence-corrected chi connectivity index (χ4v) is 4.10. The van der Waals surface area contributed by atoms with Gasteiger partial charge in [0.05, 0.1) is 11.4 Å². The molecule has 1 amide bonds. The lowest BCUT2D eigenvalue weighted by atomic mass is 10.2. The Bertz CT molecular complexity index is 1500. The van der Waals surface area contributed by atoms with E-state index >= 15 is 0 Å². The number of amides is 1. The van der Waals surface area contributed by atoms with E-state index in [1.165, 1.54) is 10.5 Å². The summed E-state index contributed by atoms with van der Waals surface area (Å²) in [4.78, 5) is 41.6. The molecule has 0 N–H and O–H groups in total. The third kappa shape index (κ3) is 4.53. The maximum absolute atomic E-state index is 14.5. The van der Waals surface area contributed by atoms with E-state index in [9.17, 15) is 14.0 Å². The number of fused-ring (bicyclic) bond motifs is 2. The van der Waals surface area contributed by atoms with Gasteiger partial charge in [0.25, 0.3) is 0 Å². The van der Waals surface area contributed by atoms with Gasteiger partial charge >= 0.3 is 11.8 Å². The minimum Gasteiger partial charge on any atom is -0.444 e. The zero-order valence-electron chi connectivity index (χ0n) is 20.0. The summed E-state index contributed by atoms with van der Waals surface area (Å²) in [7, 11) is 0. The van der Waals surface area contributed by atoms with Crippen molar-refractivity contribution in [2.45, 2.75) is 33.3 Å². The van der Waals surface area contributed by atoms with E-state index in [0.29, 0.717) is 43.1 Å². The molecule has 10 nitrogen and oxygen atoms in total. The van der Waals surface area contributed by atoms with Crippen molar-refractivity contribution in [3.63, 3.8) is 0 Å². The third-order valence-corrected chi connectivity index (χ3v) is 5.72. The summed E-state index contributed by atoms with van der Waals surface area (Å²) < 4.78 is 22.9. The van der Waals surface area contributed by atoms with Crippen LogP contribution in [0.3, 0.4) is 0 Å². The van der Waals surface area contributed by atoms with Crippen molar-refractivity contribution in [2.75, 3.05) is 31.1 Å². The summed E-state index contributed by atoms with van der Waals surface area (Å²) in [6.07, 6.45) is 4.72. The van der Waals surface area contributed by atoms with Gasteiger partial charge in [-0.2, -0.15) is 4.98 Å². The van der Waals surface area contributed by atoms with Crippen molar-refractivity contribution < 1.29 is 13.9 Å². The smallest absolute Gasteiger partial charge is 0.410 e. The summed E-state index contributed by atoms with van der Waals surface area (Å²) in [5.41, 5.74) is 1.44. The van der Waals surface area contributed by atoms with E-state index in [0.717, 1.165) is 5.69 Å². The molecule has 1 fully saturated rings. The van der Waals surface area contributed by atoms with Crippen molar-refractivity contribution in [3.05, 3.63) is 58.8 Å². The van der Waals surface area contributed by atoms with Crippen LogP contribution in [0, 0.1) is 12.7 Å². The van der Waals surface area contributed by atoms with Gasteiger partial charge in [-0.1, -0.05) is 0 Å². The number of nitrogens with zero attached hydrogens (tertiary/aromatic N) is 7. The Morgan fingerprint density at radius 2 is 1.77 bits per heavy atom. The fraction of sp³-hybridized carbons (Fsp3) is 0.375. The van der Waals surface area contributed by atoms with Gasteiger partial charge in [-0.15, -0.1) is 0 Å². The second kappa shape index (κ2) is 8.33. The topological polar surface area (TPSA) is 97.3 Å². The van der Waals surface area contributed by atoms with Crippen LogP contribution in [0.15, 0.2) is 41.6 Å². The van der Waals surface area contributed by atoms with Crippen LogP contribution < -0.4 is 10.6 Å². The lowest BCUT2D eigenvalue weighted by molar-refractivity contribution is 0.0240. The van der Waals surface area contributed by atoms with Crippen LogP contribution in [-0.4, -0.2) is 66.5 Å². The van der Waals surface area contributed by atoms with Gasteiger partial charge < -0.3 is 18.9 Å². The molecule has 4 aromatic rings. The molecule has 1 aliphatic heterocycles. The molecule has 5 rings (SSSR count). The maximum atomic E-state index is 14.5. The lowest BCUT2D eigenvalue weighted by Gasteiger charge is -2.36. The molecule has 11 heteroatoms. The number of rotatable bonds is 2. The van der Waals surface area contributed by atoms with E-state index in [-0.39, 0.29) is 17.6 Å². The van der Waals surface area contributed by atoms with E-state index in [1.54, 1.807) is 40.9 Å². The average molecular weight is 480 g/mol. The molecular weight excluding hydrogens is 453 g/mol. The molecule has 0 unspecified atom stereocenters. The monoisotopic (exact) mass is 479 g/mol. The van der Waals surface area contributed by atoms with Gasteiger partial charge in [-0.25, -0.2) is 28.3 Å². The highest BCUT2D eigenvalue weighted by Gasteiger charge is 2.26. The number of carbonyl (C=O) groups is 1. The zero-order chi connectivity index (χ0) is 24.9. The van der Waals surface area contributed by atoms with E-state index in [2.05, 4.69) is 19.9 Å². The molecule has 4 aromatic heterocycles.